The number of aromatic nitrogens is 4. The summed E-state index contributed by atoms with van der Waals surface area (Å²) in [4.78, 5) is 25.8. The Morgan fingerprint density at radius 2 is 2.13 bits per heavy atom. The van der Waals surface area contributed by atoms with Gasteiger partial charge in [-0.2, -0.15) is 0 Å². The number of pyridine rings is 1. The number of nitro groups is 1. The fourth-order valence-corrected chi connectivity index (χ4v) is 2.25. The van der Waals surface area contributed by atoms with E-state index in [4.69, 9.17) is 0 Å². The summed E-state index contributed by atoms with van der Waals surface area (Å²) < 4.78 is 1.42. The van der Waals surface area contributed by atoms with Gasteiger partial charge < -0.3 is 0 Å². The fraction of sp³-hybridized carbons (Fsp3) is 0.0667. The van der Waals surface area contributed by atoms with E-state index in [2.05, 4.69) is 15.3 Å². The number of hydrogen-bond acceptors (Lipinski definition) is 6. The number of carbonyl (C=O) groups is 1. The molecule has 0 saturated heterocycles. The highest BCUT2D eigenvalue weighted by atomic mass is 16.6. The van der Waals surface area contributed by atoms with Gasteiger partial charge in [0.15, 0.2) is 12.0 Å². The van der Waals surface area contributed by atoms with Gasteiger partial charge in [0.05, 0.1) is 10.6 Å². The van der Waals surface area contributed by atoms with Crippen LogP contribution in [0.3, 0.4) is 0 Å². The lowest BCUT2D eigenvalue weighted by Crippen LogP contribution is -2.03. The minimum atomic E-state index is -0.482. The number of hydrogen-bond donors (Lipinski definition) is 0. The molecule has 0 aliphatic rings. The normalized spacial score (nSPS) is 10.5. The smallest absolute Gasteiger partial charge is 0.271 e. The third-order valence-electron chi connectivity index (χ3n) is 3.37. The van der Waals surface area contributed by atoms with Gasteiger partial charge in [-0.3, -0.25) is 19.9 Å². The molecule has 0 saturated carbocycles. The summed E-state index contributed by atoms with van der Waals surface area (Å²) in [5.41, 5.74) is 2.42. The van der Waals surface area contributed by atoms with Crippen LogP contribution in [0.5, 0.6) is 0 Å². The van der Waals surface area contributed by atoms with E-state index >= 15 is 0 Å². The molecule has 0 fully saturated rings. The molecule has 3 aromatic rings. The Kier molecular flexibility index (Phi) is 3.63. The van der Waals surface area contributed by atoms with Crippen molar-refractivity contribution in [2.75, 3.05) is 0 Å². The second kappa shape index (κ2) is 5.76. The van der Waals surface area contributed by atoms with Crippen molar-refractivity contribution in [3.63, 3.8) is 0 Å². The van der Waals surface area contributed by atoms with Crippen molar-refractivity contribution in [1.82, 2.24) is 20.0 Å². The highest BCUT2D eigenvalue weighted by Gasteiger charge is 2.19. The van der Waals surface area contributed by atoms with Crippen LogP contribution in [0.25, 0.3) is 16.9 Å². The maximum absolute atomic E-state index is 11.3. The van der Waals surface area contributed by atoms with Gasteiger partial charge in [-0.25, -0.2) is 4.68 Å². The van der Waals surface area contributed by atoms with Crippen LogP contribution in [0.1, 0.15) is 16.1 Å². The molecule has 0 aliphatic heterocycles. The average Bonchev–Trinajstić information content (AvgIpc) is 2.99. The minimum Gasteiger partial charge on any atom is -0.296 e. The standard InChI is InChI=1S/C15H11N5O3/c1-10-4-5-12(20(22)23)7-14(10)19-15(13(9-21)17-18-19)11-3-2-6-16-8-11/h2-9H,1H3. The van der Waals surface area contributed by atoms with E-state index in [0.29, 0.717) is 23.2 Å². The quantitative estimate of drug-likeness (QED) is 0.416. The zero-order chi connectivity index (χ0) is 16.4. The van der Waals surface area contributed by atoms with E-state index in [1.807, 2.05) is 0 Å². The lowest BCUT2D eigenvalue weighted by atomic mass is 10.1. The maximum atomic E-state index is 11.3. The van der Waals surface area contributed by atoms with Crippen molar-refractivity contribution in [2.45, 2.75) is 6.92 Å². The van der Waals surface area contributed by atoms with Gasteiger partial charge in [0.2, 0.25) is 0 Å². The van der Waals surface area contributed by atoms with Gasteiger partial charge in [0.25, 0.3) is 5.69 Å². The molecular weight excluding hydrogens is 298 g/mol. The molecule has 2 aromatic heterocycles. The van der Waals surface area contributed by atoms with Gasteiger partial charge in [0.1, 0.15) is 5.69 Å². The van der Waals surface area contributed by atoms with Crippen LogP contribution in [0.2, 0.25) is 0 Å². The SMILES string of the molecule is Cc1ccc([N+](=O)[O-])cc1-n1nnc(C=O)c1-c1cccnc1. The molecule has 23 heavy (non-hydrogen) atoms. The highest BCUT2D eigenvalue weighted by molar-refractivity contribution is 5.83. The van der Waals surface area contributed by atoms with Crippen LogP contribution in [-0.2, 0) is 0 Å². The summed E-state index contributed by atoms with van der Waals surface area (Å²) in [7, 11) is 0. The molecule has 3 rings (SSSR count). The van der Waals surface area contributed by atoms with Crippen molar-refractivity contribution in [2.24, 2.45) is 0 Å². The summed E-state index contributed by atoms with van der Waals surface area (Å²) >= 11 is 0. The molecule has 0 aliphatic carbocycles. The number of nitro benzene ring substituents is 1. The summed E-state index contributed by atoms with van der Waals surface area (Å²) in [5.74, 6) is 0. The van der Waals surface area contributed by atoms with E-state index in [0.717, 1.165) is 5.56 Å². The number of carbonyl (C=O) groups excluding carboxylic acids is 1. The Morgan fingerprint density at radius 1 is 1.30 bits per heavy atom. The molecule has 0 bridgehead atoms. The second-order valence-electron chi connectivity index (χ2n) is 4.82. The minimum absolute atomic E-state index is 0.0640. The fourth-order valence-electron chi connectivity index (χ4n) is 2.25. The van der Waals surface area contributed by atoms with E-state index < -0.39 is 4.92 Å². The van der Waals surface area contributed by atoms with Gasteiger partial charge in [-0.05, 0) is 24.6 Å². The molecule has 1 aromatic carbocycles. The summed E-state index contributed by atoms with van der Waals surface area (Å²) in [6, 6.07) is 7.94. The first kappa shape index (κ1) is 14.5. The first-order valence-electron chi connectivity index (χ1n) is 6.68. The van der Waals surface area contributed by atoms with Crippen molar-refractivity contribution in [3.8, 4) is 16.9 Å². The summed E-state index contributed by atoms with van der Waals surface area (Å²) in [6.07, 6.45) is 3.78. The summed E-state index contributed by atoms with van der Waals surface area (Å²) in [5, 5.41) is 18.8. The van der Waals surface area contributed by atoms with E-state index in [-0.39, 0.29) is 11.4 Å². The highest BCUT2D eigenvalue weighted by Crippen LogP contribution is 2.27. The first-order chi connectivity index (χ1) is 11.1. The van der Waals surface area contributed by atoms with Crippen molar-refractivity contribution in [3.05, 3.63) is 64.1 Å². The van der Waals surface area contributed by atoms with Gasteiger partial charge >= 0.3 is 0 Å². The largest absolute Gasteiger partial charge is 0.296 e. The van der Waals surface area contributed by atoms with Crippen LogP contribution in [0, 0.1) is 17.0 Å². The molecule has 8 nitrogen and oxygen atoms in total. The molecule has 0 atom stereocenters. The van der Waals surface area contributed by atoms with Crippen molar-refractivity contribution < 1.29 is 9.72 Å². The monoisotopic (exact) mass is 309 g/mol. The van der Waals surface area contributed by atoms with Crippen LogP contribution < -0.4 is 0 Å². The zero-order valence-corrected chi connectivity index (χ0v) is 12.1. The molecule has 0 spiro atoms. The zero-order valence-electron chi connectivity index (χ0n) is 12.1. The number of aryl methyl sites for hydroxylation is 1. The number of rotatable bonds is 4. The predicted molar refractivity (Wildman–Crippen MR) is 81.4 cm³/mol. The Morgan fingerprint density at radius 3 is 2.78 bits per heavy atom. The molecule has 114 valence electrons. The Bertz CT molecular complexity index is 889. The second-order valence-corrected chi connectivity index (χ2v) is 4.82. The Hall–Kier alpha value is -3.42. The molecule has 2 heterocycles. The average molecular weight is 309 g/mol. The molecular formula is C15H11N5O3. The molecule has 8 heteroatoms. The van der Waals surface area contributed by atoms with E-state index in [1.165, 1.54) is 16.8 Å². The van der Waals surface area contributed by atoms with E-state index in [1.54, 1.807) is 37.5 Å². The topological polar surface area (TPSA) is 104 Å². The maximum Gasteiger partial charge on any atom is 0.271 e. The third kappa shape index (κ3) is 2.57. The predicted octanol–water partition coefficient (Wildman–Crippen LogP) is 2.36. The number of aldehydes is 1. The first-order valence-corrected chi connectivity index (χ1v) is 6.68. The number of non-ortho nitro benzene ring substituents is 1. The lowest BCUT2D eigenvalue weighted by molar-refractivity contribution is -0.384. The molecule has 0 radical (unpaired) electrons. The van der Waals surface area contributed by atoms with E-state index in [9.17, 15) is 14.9 Å². The molecule has 0 unspecified atom stereocenters. The van der Waals surface area contributed by atoms with Crippen LogP contribution in [0.15, 0.2) is 42.7 Å². The van der Waals surface area contributed by atoms with Crippen LogP contribution in [0.4, 0.5) is 5.69 Å². The third-order valence-corrected chi connectivity index (χ3v) is 3.37. The van der Waals surface area contributed by atoms with Crippen molar-refractivity contribution >= 4 is 12.0 Å². The van der Waals surface area contributed by atoms with Gasteiger partial charge in [0, 0.05) is 30.1 Å². The van der Waals surface area contributed by atoms with Gasteiger partial charge in [-0.15, -0.1) is 5.10 Å². The van der Waals surface area contributed by atoms with Crippen LogP contribution in [-0.4, -0.2) is 31.2 Å². The summed E-state index contributed by atoms with van der Waals surface area (Å²) in [6.45, 7) is 1.80. The van der Waals surface area contributed by atoms with Gasteiger partial charge in [-0.1, -0.05) is 11.3 Å². The lowest BCUT2D eigenvalue weighted by Gasteiger charge is -2.09. The molecule has 0 N–H and O–H groups in total. The molecule has 0 amide bonds. The number of benzene rings is 1. The number of nitrogens with zero attached hydrogens (tertiary/aromatic N) is 5. The van der Waals surface area contributed by atoms with Crippen molar-refractivity contribution in [1.29, 1.82) is 0 Å². The van der Waals surface area contributed by atoms with Crippen LogP contribution >= 0.6 is 0 Å². The Balaban J connectivity index is 2.26. The Labute approximate surface area is 130 Å².